The summed E-state index contributed by atoms with van der Waals surface area (Å²) in [6.45, 7) is 2.02. The molecule has 140 valence electrons. The molecule has 27 heavy (non-hydrogen) atoms. The highest BCUT2D eigenvalue weighted by molar-refractivity contribution is 7.18. The van der Waals surface area contributed by atoms with E-state index < -0.39 is 0 Å². The Hall–Kier alpha value is -2.31. The number of rotatable bonds is 5. The van der Waals surface area contributed by atoms with Crippen molar-refractivity contribution in [2.24, 2.45) is 5.92 Å². The fourth-order valence-corrected chi connectivity index (χ4v) is 4.38. The van der Waals surface area contributed by atoms with Crippen LogP contribution in [0.3, 0.4) is 0 Å². The van der Waals surface area contributed by atoms with Crippen molar-refractivity contribution in [2.75, 3.05) is 32.5 Å². The van der Waals surface area contributed by atoms with Gasteiger partial charge in [-0.2, -0.15) is 0 Å². The van der Waals surface area contributed by atoms with Gasteiger partial charge in [-0.25, -0.2) is 4.98 Å². The molecule has 1 N–H and O–H groups in total. The number of Topliss-reactive ketones (excluding diaryl/α,β-unsaturated/α-hetero) is 1. The second kappa shape index (κ2) is 7.74. The minimum atomic E-state index is 0.183. The highest BCUT2D eigenvalue weighted by Crippen LogP contribution is 2.31. The Morgan fingerprint density at radius 1 is 1.19 bits per heavy atom. The lowest BCUT2D eigenvalue weighted by molar-refractivity contribution is -0.123. The van der Waals surface area contributed by atoms with Crippen molar-refractivity contribution in [1.29, 1.82) is 0 Å². The lowest BCUT2D eigenvalue weighted by Crippen LogP contribution is -2.34. The maximum atomic E-state index is 12.7. The van der Waals surface area contributed by atoms with Gasteiger partial charge in [0.25, 0.3) is 0 Å². The lowest BCUT2D eigenvalue weighted by Gasteiger charge is -2.27. The molecule has 0 aliphatic carbocycles. The predicted molar refractivity (Wildman–Crippen MR) is 111 cm³/mol. The van der Waals surface area contributed by atoms with Crippen LogP contribution in [-0.4, -0.2) is 47.8 Å². The second-order valence-electron chi connectivity index (χ2n) is 7.24. The summed E-state index contributed by atoms with van der Waals surface area (Å²) in [6.07, 6.45) is 6.13. The largest absolute Gasteiger partial charge is 0.365 e. The molecule has 0 bridgehead atoms. The second-order valence-corrected chi connectivity index (χ2v) is 8.27. The number of fused-ring (bicyclic) bond motifs is 1. The molecule has 4 rings (SSSR count). The molecule has 1 aliphatic rings. The Labute approximate surface area is 163 Å². The first-order chi connectivity index (χ1) is 13.1. The van der Waals surface area contributed by atoms with E-state index in [4.69, 9.17) is 0 Å². The minimum Gasteiger partial charge on any atom is -0.365 e. The number of nitrogens with one attached hydrogen (secondary N) is 1. The smallest absolute Gasteiger partial charge is 0.182 e. The molecule has 3 heterocycles. The third kappa shape index (κ3) is 4.01. The van der Waals surface area contributed by atoms with Crippen molar-refractivity contribution in [3.05, 3.63) is 42.4 Å². The highest BCUT2D eigenvalue weighted by Gasteiger charge is 2.23. The van der Waals surface area contributed by atoms with Gasteiger partial charge in [0.1, 0.15) is 5.78 Å². The third-order valence-corrected chi connectivity index (χ3v) is 6.38. The number of pyridine rings is 1. The normalized spacial score (nSPS) is 15.9. The molecule has 3 aromatic rings. The van der Waals surface area contributed by atoms with Gasteiger partial charge in [-0.05, 0) is 56.1 Å². The Balaban J connectivity index is 1.54. The van der Waals surface area contributed by atoms with Gasteiger partial charge in [0.05, 0.1) is 4.88 Å². The van der Waals surface area contributed by atoms with E-state index in [0.717, 1.165) is 58.0 Å². The van der Waals surface area contributed by atoms with Crippen molar-refractivity contribution in [1.82, 2.24) is 14.9 Å². The zero-order valence-electron chi connectivity index (χ0n) is 15.7. The topological polar surface area (TPSA) is 58.1 Å². The molecule has 0 spiro atoms. The number of thiazole rings is 1. The van der Waals surface area contributed by atoms with Crippen LogP contribution in [0.15, 0.2) is 36.7 Å². The van der Waals surface area contributed by atoms with Gasteiger partial charge in [-0.1, -0.05) is 23.5 Å². The summed E-state index contributed by atoms with van der Waals surface area (Å²) in [5.74, 6) is 0.509. The maximum Gasteiger partial charge on any atom is 0.182 e. The van der Waals surface area contributed by atoms with E-state index in [0.29, 0.717) is 12.2 Å². The van der Waals surface area contributed by atoms with Crippen LogP contribution >= 0.6 is 11.3 Å². The van der Waals surface area contributed by atoms with Crippen LogP contribution < -0.4 is 5.32 Å². The molecular weight excluding hydrogens is 356 g/mol. The molecule has 0 radical (unpaired) electrons. The van der Waals surface area contributed by atoms with Crippen molar-refractivity contribution in [2.45, 2.75) is 19.3 Å². The average Bonchev–Trinajstić information content (AvgIpc) is 3.17. The number of ketones is 1. The first-order valence-corrected chi connectivity index (χ1v) is 10.2. The molecule has 1 saturated heterocycles. The van der Waals surface area contributed by atoms with Crippen LogP contribution in [0.5, 0.6) is 0 Å². The molecule has 1 aromatic carbocycles. The zero-order chi connectivity index (χ0) is 18.8. The van der Waals surface area contributed by atoms with Crippen LogP contribution in [0.25, 0.3) is 21.2 Å². The molecule has 0 atom stereocenters. The van der Waals surface area contributed by atoms with Crippen LogP contribution in [0, 0.1) is 5.92 Å². The molecule has 1 fully saturated rings. The summed E-state index contributed by atoms with van der Waals surface area (Å²) in [5, 5.41) is 6.19. The minimum absolute atomic E-state index is 0.183. The molecule has 0 unspecified atom stereocenters. The summed E-state index contributed by atoms with van der Waals surface area (Å²) in [4.78, 5) is 25.0. The van der Waals surface area contributed by atoms with Gasteiger partial charge >= 0.3 is 0 Å². The number of aromatic nitrogens is 2. The Bertz CT molecular complexity index is 960. The summed E-state index contributed by atoms with van der Waals surface area (Å²) < 4.78 is 0. The van der Waals surface area contributed by atoms with Crippen LogP contribution in [0.4, 0.5) is 5.13 Å². The molecule has 6 heteroatoms. The number of anilines is 1. The Kier molecular flexibility index (Phi) is 5.18. The van der Waals surface area contributed by atoms with Crippen LogP contribution in [-0.2, 0) is 11.2 Å². The Morgan fingerprint density at radius 2 is 2.00 bits per heavy atom. The van der Waals surface area contributed by atoms with E-state index in [9.17, 15) is 4.79 Å². The third-order valence-electron chi connectivity index (χ3n) is 5.31. The average molecular weight is 381 g/mol. The van der Waals surface area contributed by atoms with Crippen molar-refractivity contribution in [3.8, 4) is 10.4 Å². The summed E-state index contributed by atoms with van der Waals surface area (Å²) >= 11 is 1.63. The van der Waals surface area contributed by atoms with Crippen molar-refractivity contribution >= 4 is 33.0 Å². The molecule has 0 amide bonds. The number of hydrogen-bond acceptors (Lipinski definition) is 6. The van der Waals surface area contributed by atoms with E-state index in [1.54, 1.807) is 11.3 Å². The predicted octanol–water partition coefficient (Wildman–Crippen LogP) is 3.85. The van der Waals surface area contributed by atoms with E-state index in [2.05, 4.69) is 51.5 Å². The van der Waals surface area contributed by atoms with Gasteiger partial charge in [-0.15, -0.1) is 0 Å². The molecule has 0 saturated carbocycles. The van der Waals surface area contributed by atoms with Gasteiger partial charge in [0, 0.05) is 42.9 Å². The summed E-state index contributed by atoms with van der Waals surface area (Å²) in [6, 6.07) is 8.40. The number of benzene rings is 1. The lowest BCUT2D eigenvalue weighted by atomic mass is 9.90. The monoisotopic (exact) mass is 380 g/mol. The molecular formula is C21H24N4OS. The number of piperidine rings is 1. The van der Waals surface area contributed by atoms with Gasteiger partial charge in [0.15, 0.2) is 5.13 Å². The summed E-state index contributed by atoms with van der Waals surface area (Å²) in [5.41, 5.74) is 2.00. The number of carbonyl (C=O) groups is 1. The molecule has 2 aromatic heterocycles. The standard InChI is InChI=1S/C21H24N4OS/c1-22-21-24-13-20(27-21)15-3-4-16-12-23-18(10-17(16)9-15)11-19(26)14-5-7-25(2)8-6-14/h3-4,9-10,12-14H,5-8,11H2,1-2H3,(H,22,24). The first-order valence-electron chi connectivity index (χ1n) is 9.36. The number of hydrogen-bond donors (Lipinski definition) is 1. The Morgan fingerprint density at radius 3 is 2.74 bits per heavy atom. The first kappa shape index (κ1) is 18.1. The quantitative estimate of drug-likeness (QED) is 0.728. The summed E-state index contributed by atoms with van der Waals surface area (Å²) in [7, 11) is 3.99. The van der Waals surface area contributed by atoms with Gasteiger partial charge < -0.3 is 10.2 Å². The van der Waals surface area contributed by atoms with Crippen LogP contribution in [0.2, 0.25) is 0 Å². The zero-order valence-corrected chi connectivity index (χ0v) is 16.6. The van der Waals surface area contributed by atoms with E-state index >= 15 is 0 Å². The fraction of sp³-hybridized carbons (Fsp3) is 0.381. The van der Waals surface area contributed by atoms with E-state index in [1.807, 2.05) is 19.4 Å². The van der Waals surface area contributed by atoms with Crippen molar-refractivity contribution < 1.29 is 4.79 Å². The number of nitrogens with zero attached hydrogens (tertiary/aromatic N) is 3. The highest BCUT2D eigenvalue weighted by atomic mass is 32.1. The fourth-order valence-electron chi connectivity index (χ4n) is 3.61. The van der Waals surface area contributed by atoms with Crippen LogP contribution in [0.1, 0.15) is 18.5 Å². The molecule has 1 aliphatic heterocycles. The van der Waals surface area contributed by atoms with Gasteiger partial charge in [-0.3, -0.25) is 9.78 Å². The van der Waals surface area contributed by atoms with Gasteiger partial charge in [0.2, 0.25) is 0 Å². The number of carbonyl (C=O) groups excluding carboxylic acids is 1. The van der Waals surface area contributed by atoms with E-state index in [1.165, 1.54) is 0 Å². The SMILES string of the molecule is CNc1ncc(-c2ccc3cnc(CC(=O)C4CCN(C)CC4)cc3c2)s1. The molecule has 5 nitrogen and oxygen atoms in total. The maximum absolute atomic E-state index is 12.7. The number of likely N-dealkylation sites (tertiary alicyclic amines) is 1. The van der Waals surface area contributed by atoms with Crippen molar-refractivity contribution in [3.63, 3.8) is 0 Å². The van der Waals surface area contributed by atoms with E-state index in [-0.39, 0.29) is 5.92 Å².